The van der Waals surface area contributed by atoms with Gasteiger partial charge in [-0.05, 0) is 29.3 Å². The second kappa shape index (κ2) is 5.26. The summed E-state index contributed by atoms with van der Waals surface area (Å²) >= 11 is 0. The normalized spacial score (nSPS) is 9.95. The molecule has 1 heterocycles. The van der Waals surface area contributed by atoms with Gasteiger partial charge < -0.3 is 4.74 Å². The van der Waals surface area contributed by atoms with Crippen LogP contribution in [0.3, 0.4) is 0 Å². The van der Waals surface area contributed by atoms with Gasteiger partial charge in [0.15, 0.2) is 0 Å². The number of esters is 1. The van der Waals surface area contributed by atoms with Gasteiger partial charge in [0.2, 0.25) is 0 Å². The van der Waals surface area contributed by atoms with E-state index in [4.69, 9.17) is 0 Å². The van der Waals surface area contributed by atoms with E-state index in [0.717, 1.165) is 5.56 Å². The maximum absolute atomic E-state index is 11.7. The first-order valence-corrected chi connectivity index (χ1v) is 5.40. The number of ether oxygens (including phenoxy) is 1. The van der Waals surface area contributed by atoms with Gasteiger partial charge in [0.05, 0.1) is 17.6 Å². The van der Waals surface area contributed by atoms with Crippen molar-refractivity contribution in [3.05, 3.63) is 58.4 Å². The molecule has 0 amide bonds. The Balaban J connectivity index is 2.61. The Bertz CT molecular complexity index is 626. The Morgan fingerprint density at radius 2 is 1.95 bits per heavy atom. The first kappa shape index (κ1) is 12.7. The van der Waals surface area contributed by atoms with Crippen LogP contribution in [0.15, 0.2) is 42.7 Å². The quantitative estimate of drug-likeness (QED) is 0.479. The number of hydrogen-bond acceptors (Lipinski definition) is 5. The minimum Gasteiger partial charge on any atom is -0.465 e. The van der Waals surface area contributed by atoms with Crippen molar-refractivity contribution in [2.45, 2.75) is 0 Å². The minimum absolute atomic E-state index is 0.154. The summed E-state index contributed by atoms with van der Waals surface area (Å²) in [5.74, 6) is -0.615. The van der Waals surface area contributed by atoms with Crippen molar-refractivity contribution in [3.63, 3.8) is 0 Å². The van der Waals surface area contributed by atoms with Crippen LogP contribution in [0, 0.1) is 10.1 Å². The van der Waals surface area contributed by atoms with Crippen LogP contribution < -0.4 is 0 Å². The van der Waals surface area contributed by atoms with Crippen molar-refractivity contribution in [2.75, 3.05) is 7.11 Å². The minimum atomic E-state index is -0.615. The van der Waals surface area contributed by atoms with Crippen molar-refractivity contribution >= 4 is 11.7 Å². The summed E-state index contributed by atoms with van der Waals surface area (Å²) in [6.45, 7) is 0. The van der Waals surface area contributed by atoms with Crippen LogP contribution in [-0.2, 0) is 4.74 Å². The maximum Gasteiger partial charge on any atom is 0.338 e. The van der Waals surface area contributed by atoms with Gasteiger partial charge in [0, 0.05) is 24.5 Å². The number of benzene rings is 1. The first-order chi connectivity index (χ1) is 9.13. The SMILES string of the molecule is COC(=O)c1cc([N+](=O)[O-])ccc1-c1ccncc1. The van der Waals surface area contributed by atoms with Crippen LogP contribution in [0.25, 0.3) is 11.1 Å². The molecule has 2 rings (SSSR count). The summed E-state index contributed by atoms with van der Waals surface area (Å²) in [5.41, 5.74) is 1.31. The highest BCUT2D eigenvalue weighted by Gasteiger charge is 2.18. The lowest BCUT2D eigenvalue weighted by Crippen LogP contribution is -2.04. The number of nitro benzene ring substituents is 1. The van der Waals surface area contributed by atoms with E-state index >= 15 is 0 Å². The Kier molecular flexibility index (Phi) is 3.51. The summed E-state index contributed by atoms with van der Waals surface area (Å²) < 4.78 is 4.66. The molecule has 0 radical (unpaired) electrons. The standard InChI is InChI=1S/C13H10N2O4/c1-19-13(16)12-8-10(15(17)18)2-3-11(12)9-4-6-14-7-5-9/h2-8H,1H3. The number of rotatable bonds is 3. The van der Waals surface area contributed by atoms with E-state index < -0.39 is 10.9 Å². The number of nitrogens with zero attached hydrogens (tertiary/aromatic N) is 2. The molecule has 0 fully saturated rings. The number of hydrogen-bond donors (Lipinski definition) is 0. The highest BCUT2D eigenvalue weighted by atomic mass is 16.6. The van der Waals surface area contributed by atoms with E-state index in [2.05, 4.69) is 9.72 Å². The number of carbonyl (C=O) groups excluding carboxylic acids is 1. The van der Waals surface area contributed by atoms with Crippen LogP contribution in [-0.4, -0.2) is 23.0 Å². The summed E-state index contributed by atoms with van der Waals surface area (Å²) in [6.07, 6.45) is 3.16. The van der Waals surface area contributed by atoms with Gasteiger partial charge in [-0.3, -0.25) is 15.1 Å². The molecule has 6 heteroatoms. The van der Waals surface area contributed by atoms with Crippen LogP contribution in [0.2, 0.25) is 0 Å². The smallest absolute Gasteiger partial charge is 0.338 e. The molecule has 96 valence electrons. The van der Waals surface area contributed by atoms with Gasteiger partial charge in [-0.15, -0.1) is 0 Å². The van der Waals surface area contributed by atoms with Crippen molar-refractivity contribution in [1.82, 2.24) is 4.98 Å². The number of carbonyl (C=O) groups is 1. The van der Waals surface area contributed by atoms with Gasteiger partial charge in [-0.25, -0.2) is 4.79 Å². The van der Waals surface area contributed by atoms with Crippen LogP contribution in [0.1, 0.15) is 10.4 Å². The molecule has 0 saturated heterocycles. The lowest BCUT2D eigenvalue weighted by molar-refractivity contribution is -0.384. The monoisotopic (exact) mass is 258 g/mol. The van der Waals surface area contributed by atoms with E-state index in [1.54, 1.807) is 24.5 Å². The fourth-order valence-electron chi connectivity index (χ4n) is 1.71. The third-order valence-electron chi connectivity index (χ3n) is 2.61. The number of pyridine rings is 1. The van der Waals surface area contributed by atoms with E-state index in [1.807, 2.05) is 0 Å². The summed E-state index contributed by atoms with van der Waals surface area (Å²) in [4.78, 5) is 25.8. The third kappa shape index (κ3) is 2.57. The zero-order chi connectivity index (χ0) is 13.8. The molecule has 0 N–H and O–H groups in total. The summed E-state index contributed by atoms with van der Waals surface area (Å²) in [7, 11) is 1.23. The van der Waals surface area contributed by atoms with Gasteiger partial charge >= 0.3 is 5.97 Å². The molecule has 6 nitrogen and oxygen atoms in total. The zero-order valence-electron chi connectivity index (χ0n) is 10.1. The van der Waals surface area contributed by atoms with Crippen molar-refractivity contribution in [2.24, 2.45) is 0 Å². The molecule has 19 heavy (non-hydrogen) atoms. The average molecular weight is 258 g/mol. The Labute approximate surface area is 108 Å². The molecule has 0 aliphatic heterocycles. The second-order valence-corrected chi connectivity index (χ2v) is 3.71. The van der Waals surface area contributed by atoms with Gasteiger partial charge in [0.1, 0.15) is 0 Å². The second-order valence-electron chi connectivity index (χ2n) is 3.71. The Hall–Kier alpha value is -2.76. The molecule has 0 saturated carbocycles. The topological polar surface area (TPSA) is 82.3 Å². The molecule has 0 unspecified atom stereocenters. The van der Waals surface area contributed by atoms with Gasteiger partial charge in [-0.1, -0.05) is 0 Å². The van der Waals surface area contributed by atoms with Crippen molar-refractivity contribution in [3.8, 4) is 11.1 Å². The average Bonchev–Trinajstić information content (AvgIpc) is 2.46. The molecule has 1 aromatic heterocycles. The predicted molar refractivity (Wildman–Crippen MR) is 67.7 cm³/mol. The Morgan fingerprint density at radius 3 is 2.53 bits per heavy atom. The summed E-state index contributed by atoms with van der Waals surface area (Å²) in [6, 6.07) is 7.52. The van der Waals surface area contributed by atoms with Crippen LogP contribution in [0.5, 0.6) is 0 Å². The molecule has 0 aliphatic carbocycles. The highest BCUT2D eigenvalue weighted by molar-refractivity contribution is 5.98. The molecule has 1 aromatic carbocycles. The van der Waals surface area contributed by atoms with E-state index in [-0.39, 0.29) is 11.3 Å². The molecule has 2 aromatic rings. The fraction of sp³-hybridized carbons (Fsp3) is 0.0769. The molecular formula is C13H10N2O4. The van der Waals surface area contributed by atoms with E-state index in [0.29, 0.717) is 5.56 Å². The predicted octanol–water partition coefficient (Wildman–Crippen LogP) is 2.44. The van der Waals surface area contributed by atoms with Crippen LogP contribution in [0.4, 0.5) is 5.69 Å². The number of nitro groups is 1. The summed E-state index contributed by atoms with van der Waals surface area (Å²) in [5, 5.41) is 10.8. The zero-order valence-corrected chi connectivity index (χ0v) is 10.1. The first-order valence-electron chi connectivity index (χ1n) is 5.40. The van der Waals surface area contributed by atoms with Gasteiger partial charge in [-0.2, -0.15) is 0 Å². The fourth-order valence-corrected chi connectivity index (χ4v) is 1.71. The number of non-ortho nitro benzene ring substituents is 1. The lowest BCUT2D eigenvalue weighted by Gasteiger charge is -2.07. The molecule has 0 spiro atoms. The largest absolute Gasteiger partial charge is 0.465 e. The number of aromatic nitrogens is 1. The van der Waals surface area contributed by atoms with Crippen molar-refractivity contribution < 1.29 is 14.5 Å². The maximum atomic E-state index is 11.7. The van der Waals surface area contributed by atoms with E-state index in [9.17, 15) is 14.9 Å². The van der Waals surface area contributed by atoms with Gasteiger partial charge in [0.25, 0.3) is 5.69 Å². The van der Waals surface area contributed by atoms with E-state index in [1.165, 1.54) is 25.3 Å². The highest BCUT2D eigenvalue weighted by Crippen LogP contribution is 2.27. The lowest BCUT2D eigenvalue weighted by atomic mass is 10.00. The molecule has 0 atom stereocenters. The molecule has 0 bridgehead atoms. The molecular weight excluding hydrogens is 248 g/mol. The molecule has 0 aliphatic rings. The van der Waals surface area contributed by atoms with Crippen molar-refractivity contribution in [1.29, 1.82) is 0 Å². The third-order valence-corrected chi connectivity index (χ3v) is 2.61. The van der Waals surface area contributed by atoms with Crippen LogP contribution >= 0.6 is 0 Å². The number of methoxy groups -OCH3 is 1. The Morgan fingerprint density at radius 1 is 1.26 bits per heavy atom.